The van der Waals surface area contributed by atoms with Crippen molar-refractivity contribution in [2.75, 3.05) is 36.8 Å². The van der Waals surface area contributed by atoms with Gasteiger partial charge in [-0.05, 0) is 17.7 Å². The van der Waals surface area contributed by atoms with E-state index in [2.05, 4.69) is 4.90 Å². The molecule has 0 spiro atoms. The standard InChI is InChI=1S/C18H22N4O2S/c19-13-16-17(20)7-4-8-18(16)21-9-11-22(12-10-21)25(23,24)14-15-5-2-1-3-6-15/h1-8,13,19H,9-12,14,20H2. The van der Waals surface area contributed by atoms with Crippen LogP contribution in [0.1, 0.15) is 11.1 Å². The first-order valence-electron chi connectivity index (χ1n) is 8.17. The van der Waals surface area contributed by atoms with Gasteiger partial charge in [-0.15, -0.1) is 0 Å². The Morgan fingerprint density at radius 2 is 1.68 bits per heavy atom. The highest BCUT2D eigenvalue weighted by Crippen LogP contribution is 2.26. The lowest BCUT2D eigenvalue weighted by atomic mass is 10.1. The van der Waals surface area contributed by atoms with Crippen LogP contribution in [-0.2, 0) is 15.8 Å². The van der Waals surface area contributed by atoms with E-state index in [1.807, 2.05) is 42.5 Å². The van der Waals surface area contributed by atoms with Crippen molar-refractivity contribution in [1.82, 2.24) is 4.31 Å². The molecular formula is C18H22N4O2S. The van der Waals surface area contributed by atoms with Gasteiger partial charge in [-0.1, -0.05) is 36.4 Å². The fourth-order valence-electron chi connectivity index (χ4n) is 3.09. The minimum Gasteiger partial charge on any atom is -0.398 e. The number of hydrogen-bond donors (Lipinski definition) is 2. The Kier molecular flexibility index (Phi) is 5.06. The van der Waals surface area contributed by atoms with Crippen LogP contribution >= 0.6 is 0 Å². The second-order valence-corrected chi connectivity index (χ2v) is 8.02. The van der Waals surface area contributed by atoms with Crippen molar-refractivity contribution in [2.45, 2.75) is 5.75 Å². The number of benzene rings is 2. The summed E-state index contributed by atoms with van der Waals surface area (Å²) >= 11 is 0. The van der Waals surface area contributed by atoms with Gasteiger partial charge in [0, 0.05) is 49.3 Å². The molecule has 1 saturated heterocycles. The Balaban J connectivity index is 1.70. The third-order valence-corrected chi connectivity index (χ3v) is 6.28. The molecule has 0 atom stereocenters. The molecule has 0 amide bonds. The molecule has 0 unspecified atom stereocenters. The maximum atomic E-state index is 12.6. The second kappa shape index (κ2) is 7.25. The van der Waals surface area contributed by atoms with Crippen molar-refractivity contribution >= 4 is 27.6 Å². The molecule has 3 N–H and O–H groups in total. The summed E-state index contributed by atoms with van der Waals surface area (Å²) in [6.45, 7) is 2.03. The van der Waals surface area contributed by atoms with Crippen LogP contribution in [0.3, 0.4) is 0 Å². The minimum absolute atomic E-state index is 0.0257. The predicted octanol–water partition coefficient (Wildman–Crippen LogP) is 1.92. The topological polar surface area (TPSA) is 90.5 Å². The molecule has 2 aromatic rings. The average molecular weight is 358 g/mol. The maximum Gasteiger partial charge on any atom is 0.218 e. The lowest BCUT2D eigenvalue weighted by Gasteiger charge is -2.36. The summed E-state index contributed by atoms with van der Waals surface area (Å²) in [5, 5.41) is 7.57. The Morgan fingerprint density at radius 3 is 2.32 bits per heavy atom. The highest BCUT2D eigenvalue weighted by Gasteiger charge is 2.27. The van der Waals surface area contributed by atoms with Crippen LogP contribution in [0.5, 0.6) is 0 Å². The molecule has 1 heterocycles. The van der Waals surface area contributed by atoms with E-state index in [4.69, 9.17) is 11.1 Å². The van der Waals surface area contributed by atoms with Gasteiger partial charge in [-0.25, -0.2) is 8.42 Å². The van der Waals surface area contributed by atoms with Crippen LogP contribution in [0, 0.1) is 5.41 Å². The van der Waals surface area contributed by atoms with Gasteiger partial charge in [0.15, 0.2) is 0 Å². The molecule has 132 valence electrons. The SMILES string of the molecule is N=Cc1c(N)cccc1N1CCN(S(=O)(=O)Cc2ccccc2)CC1. The molecule has 1 fully saturated rings. The van der Waals surface area contributed by atoms with Crippen molar-refractivity contribution in [3.8, 4) is 0 Å². The number of rotatable bonds is 5. The quantitative estimate of drug-likeness (QED) is 0.631. The Bertz CT molecular complexity index is 845. The zero-order valence-electron chi connectivity index (χ0n) is 13.9. The summed E-state index contributed by atoms with van der Waals surface area (Å²) in [5.41, 5.74) is 8.86. The predicted molar refractivity (Wildman–Crippen MR) is 102 cm³/mol. The first-order chi connectivity index (χ1) is 12.0. The molecule has 0 saturated carbocycles. The van der Waals surface area contributed by atoms with Crippen molar-refractivity contribution in [3.63, 3.8) is 0 Å². The number of hydrogen-bond acceptors (Lipinski definition) is 5. The molecule has 0 aromatic heterocycles. The summed E-state index contributed by atoms with van der Waals surface area (Å²) in [4.78, 5) is 2.09. The van der Waals surface area contributed by atoms with Gasteiger partial charge in [0.2, 0.25) is 10.0 Å². The number of piperazine rings is 1. The molecule has 6 nitrogen and oxygen atoms in total. The van der Waals surface area contributed by atoms with Gasteiger partial charge >= 0.3 is 0 Å². The van der Waals surface area contributed by atoms with E-state index in [1.165, 1.54) is 6.21 Å². The molecule has 7 heteroatoms. The van der Waals surface area contributed by atoms with Gasteiger partial charge in [0.05, 0.1) is 5.75 Å². The van der Waals surface area contributed by atoms with Crippen LogP contribution in [0.15, 0.2) is 48.5 Å². The third-order valence-electron chi connectivity index (χ3n) is 4.43. The van der Waals surface area contributed by atoms with E-state index in [1.54, 1.807) is 10.4 Å². The van der Waals surface area contributed by atoms with E-state index in [0.29, 0.717) is 37.4 Å². The smallest absolute Gasteiger partial charge is 0.218 e. The first-order valence-corrected chi connectivity index (χ1v) is 9.78. The van der Waals surface area contributed by atoms with Gasteiger partial charge in [0.25, 0.3) is 0 Å². The monoisotopic (exact) mass is 358 g/mol. The molecule has 0 radical (unpaired) electrons. The largest absolute Gasteiger partial charge is 0.398 e. The molecule has 3 rings (SSSR count). The van der Waals surface area contributed by atoms with Crippen LogP contribution < -0.4 is 10.6 Å². The maximum absolute atomic E-state index is 12.6. The van der Waals surface area contributed by atoms with Gasteiger partial charge in [0.1, 0.15) is 0 Å². The molecule has 2 aromatic carbocycles. The van der Waals surface area contributed by atoms with E-state index in [-0.39, 0.29) is 5.75 Å². The Morgan fingerprint density at radius 1 is 1.00 bits per heavy atom. The highest BCUT2D eigenvalue weighted by atomic mass is 32.2. The van der Waals surface area contributed by atoms with Gasteiger partial charge < -0.3 is 16.0 Å². The zero-order valence-corrected chi connectivity index (χ0v) is 14.7. The van der Waals surface area contributed by atoms with Crippen LogP contribution in [0.25, 0.3) is 0 Å². The van der Waals surface area contributed by atoms with Crippen LogP contribution in [-0.4, -0.2) is 45.1 Å². The van der Waals surface area contributed by atoms with E-state index in [0.717, 1.165) is 11.3 Å². The third kappa shape index (κ3) is 3.83. The Hall–Kier alpha value is -2.38. The van der Waals surface area contributed by atoms with Crippen LogP contribution in [0.2, 0.25) is 0 Å². The lowest BCUT2D eigenvalue weighted by Crippen LogP contribution is -2.49. The number of nitrogen functional groups attached to an aromatic ring is 1. The minimum atomic E-state index is -3.33. The normalized spacial score (nSPS) is 15.9. The van der Waals surface area contributed by atoms with E-state index >= 15 is 0 Å². The summed E-state index contributed by atoms with van der Waals surface area (Å²) in [7, 11) is -3.33. The zero-order chi connectivity index (χ0) is 17.9. The fourth-order valence-corrected chi connectivity index (χ4v) is 4.60. The number of nitrogens with zero attached hydrogens (tertiary/aromatic N) is 2. The number of anilines is 2. The molecule has 1 aliphatic rings. The van der Waals surface area contributed by atoms with Gasteiger partial charge in [-0.2, -0.15) is 4.31 Å². The summed E-state index contributed by atoms with van der Waals surface area (Å²) in [6, 6.07) is 14.8. The van der Waals surface area contributed by atoms with Crippen molar-refractivity contribution < 1.29 is 8.42 Å². The van der Waals surface area contributed by atoms with Crippen LogP contribution in [0.4, 0.5) is 11.4 Å². The van der Waals surface area contributed by atoms with Crippen molar-refractivity contribution in [1.29, 1.82) is 5.41 Å². The first kappa shape index (κ1) is 17.4. The highest BCUT2D eigenvalue weighted by molar-refractivity contribution is 7.88. The van der Waals surface area contributed by atoms with Crippen molar-refractivity contribution in [2.24, 2.45) is 0 Å². The van der Waals surface area contributed by atoms with E-state index in [9.17, 15) is 8.42 Å². The van der Waals surface area contributed by atoms with Crippen molar-refractivity contribution in [3.05, 3.63) is 59.7 Å². The molecule has 0 bridgehead atoms. The number of nitrogens with two attached hydrogens (primary N) is 1. The fraction of sp³-hybridized carbons (Fsp3) is 0.278. The summed E-state index contributed by atoms with van der Waals surface area (Å²) in [5.74, 6) is 0.0257. The Labute approximate surface area is 148 Å². The lowest BCUT2D eigenvalue weighted by molar-refractivity contribution is 0.384. The average Bonchev–Trinajstić information content (AvgIpc) is 2.62. The molecular weight excluding hydrogens is 336 g/mol. The summed E-state index contributed by atoms with van der Waals surface area (Å²) < 4.78 is 26.8. The van der Waals surface area contributed by atoms with E-state index < -0.39 is 10.0 Å². The molecule has 0 aliphatic carbocycles. The second-order valence-electron chi connectivity index (χ2n) is 6.05. The summed E-state index contributed by atoms with van der Waals surface area (Å²) in [6.07, 6.45) is 1.25. The molecule has 1 aliphatic heterocycles. The van der Waals surface area contributed by atoms with Gasteiger partial charge in [-0.3, -0.25) is 0 Å². The number of sulfonamides is 1. The molecule has 25 heavy (non-hydrogen) atoms. The number of nitrogens with one attached hydrogen (secondary N) is 1.